The number of para-hydroxylation sites is 1. The number of aromatic nitrogens is 1. The second-order valence-corrected chi connectivity index (χ2v) is 9.72. The summed E-state index contributed by atoms with van der Waals surface area (Å²) in [5, 5.41) is 1.20. The number of fused-ring (bicyclic) bond motifs is 3. The maximum atomic E-state index is 13.7. The first-order valence-corrected chi connectivity index (χ1v) is 12.3. The summed E-state index contributed by atoms with van der Waals surface area (Å²) < 4.78 is 0. The van der Waals surface area contributed by atoms with Gasteiger partial charge in [0.15, 0.2) is 5.78 Å². The zero-order valence-electron chi connectivity index (χ0n) is 20.3. The molecule has 0 saturated carbocycles. The number of H-pyrrole nitrogens is 1. The van der Waals surface area contributed by atoms with Crippen LogP contribution in [0.2, 0.25) is 0 Å². The summed E-state index contributed by atoms with van der Waals surface area (Å²) in [4.78, 5) is 45.5. The minimum atomic E-state index is -0.550. The number of ketones is 1. The first-order valence-electron chi connectivity index (χ1n) is 12.3. The number of nitrogens with zero attached hydrogens (tertiary/aromatic N) is 2. The average molecular weight is 478 g/mol. The molecule has 0 spiro atoms. The van der Waals surface area contributed by atoms with Crippen LogP contribution in [0.25, 0.3) is 10.9 Å². The molecule has 2 aliphatic rings. The van der Waals surface area contributed by atoms with Gasteiger partial charge in [0.1, 0.15) is 0 Å². The van der Waals surface area contributed by atoms with Crippen molar-refractivity contribution in [3.63, 3.8) is 0 Å². The van der Waals surface area contributed by atoms with Crippen LogP contribution in [0.4, 0.5) is 5.69 Å². The van der Waals surface area contributed by atoms with E-state index in [9.17, 15) is 14.4 Å². The Bertz CT molecular complexity index is 1490. The number of Topliss-reactive ketones (excluding diaryl/α,β-unsaturated/α-hetero) is 1. The Morgan fingerprint density at radius 2 is 1.61 bits per heavy atom. The minimum Gasteiger partial charge on any atom is -0.357 e. The number of carbonyl (C=O) groups is 3. The predicted octanol–water partition coefficient (Wildman–Crippen LogP) is 5.21. The van der Waals surface area contributed by atoms with Gasteiger partial charge in [-0.05, 0) is 55.3 Å². The van der Waals surface area contributed by atoms with E-state index in [4.69, 9.17) is 0 Å². The number of carbonyl (C=O) groups excluding carboxylic acids is 3. The zero-order chi connectivity index (χ0) is 25.0. The van der Waals surface area contributed by atoms with E-state index in [2.05, 4.69) is 47.1 Å². The van der Waals surface area contributed by atoms with Gasteiger partial charge in [0.25, 0.3) is 5.91 Å². The number of benzene rings is 3. The lowest BCUT2D eigenvalue weighted by atomic mass is 9.83. The van der Waals surface area contributed by atoms with Crippen molar-refractivity contribution in [3.8, 4) is 0 Å². The van der Waals surface area contributed by atoms with Crippen molar-refractivity contribution in [2.45, 2.75) is 38.3 Å². The van der Waals surface area contributed by atoms with Crippen LogP contribution in [0, 0.1) is 0 Å². The Balaban J connectivity index is 1.39. The topological polar surface area (TPSA) is 73.5 Å². The fraction of sp³-hybridized carbons (Fsp3) is 0.233. The van der Waals surface area contributed by atoms with E-state index in [1.807, 2.05) is 24.3 Å². The quantitative estimate of drug-likeness (QED) is 0.323. The minimum absolute atomic E-state index is 0.0539. The van der Waals surface area contributed by atoms with Crippen LogP contribution >= 0.6 is 0 Å². The average Bonchev–Trinajstić information content (AvgIpc) is 3.42. The van der Waals surface area contributed by atoms with Crippen molar-refractivity contribution in [3.05, 3.63) is 101 Å². The molecule has 36 heavy (non-hydrogen) atoms. The number of hydrogen-bond donors (Lipinski definition) is 1. The van der Waals surface area contributed by atoms with E-state index in [0.29, 0.717) is 17.8 Å². The van der Waals surface area contributed by atoms with Gasteiger partial charge in [-0.25, -0.2) is 4.90 Å². The maximum absolute atomic E-state index is 13.7. The lowest BCUT2D eigenvalue weighted by Crippen LogP contribution is -2.47. The van der Waals surface area contributed by atoms with E-state index in [1.165, 1.54) is 28.3 Å². The van der Waals surface area contributed by atoms with Crippen LogP contribution in [0.5, 0.6) is 0 Å². The lowest BCUT2D eigenvalue weighted by Gasteiger charge is -2.40. The molecule has 1 saturated heterocycles. The molecule has 6 nitrogen and oxygen atoms in total. The highest BCUT2D eigenvalue weighted by Gasteiger charge is 2.47. The first-order chi connectivity index (χ1) is 17.4. The summed E-state index contributed by atoms with van der Waals surface area (Å²) in [7, 11) is 0. The molecular formula is C30H27N3O3. The van der Waals surface area contributed by atoms with Gasteiger partial charge >= 0.3 is 0 Å². The van der Waals surface area contributed by atoms with Crippen molar-refractivity contribution in [1.82, 2.24) is 9.88 Å². The van der Waals surface area contributed by atoms with Crippen molar-refractivity contribution in [2.75, 3.05) is 11.4 Å². The summed E-state index contributed by atoms with van der Waals surface area (Å²) in [6.45, 7) is 4.24. The second-order valence-electron chi connectivity index (χ2n) is 9.72. The standard InChI is InChI=1S/C30H27N3O3/c1-18-29-28(23-10-6-7-11-25(23)31-29)24(21-8-4-3-5-9-21)17-32(18)26-16-27(35)33(30(26)36)22-14-12-20(13-15-22)19(2)34/h3-15,18,24,26,31H,16-17H2,1-2H3. The van der Waals surface area contributed by atoms with Crippen LogP contribution in [-0.2, 0) is 9.59 Å². The van der Waals surface area contributed by atoms with Gasteiger partial charge in [-0.1, -0.05) is 48.5 Å². The molecule has 3 unspecified atom stereocenters. The summed E-state index contributed by atoms with van der Waals surface area (Å²) in [5.41, 5.74) is 5.70. The zero-order valence-corrected chi connectivity index (χ0v) is 20.3. The van der Waals surface area contributed by atoms with Gasteiger partial charge < -0.3 is 4.98 Å². The van der Waals surface area contributed by atoms with Crippen LogP contribution < -0.4 is 4.90 Å². The number of imide groups is 1. The smallest absolute Gasteiger partial charge is 0.251 e. The molecule has 6 heteroatoms. The Morgan fingerprint density at radius 1 is 0.917 bits per heavy atom. The summed E-state index contributed by atoms with van der Waals surface area (Å²) in [6, 6.07) is 24.8. The molecule has 6 rings (SSSR count). The Labute approximate surface area is 209 Å². The van der Waals surface area contributed by atoms with Crippen molar-refractivity contribution in [1.29, 1.82) is 0 Å². The fourth-order valence-electron chi connectivity index (χ4n) is 5.86. The lowest BCUT2D eigenvalue weighted by molar-refractivity contribution is -0.123. The van der Waals surface area contributed by atoms with E-state index in [0.717, 1.165) is 11.2 Å². The number of rotatable bonds is 4. The molecule has 1 N–H and O–H groups in total. The third-order valence-electron chi connectivity index (χ3n) is 7.69. The summed E-state index contributed by atoms with van der Waals surface area (Å²) >= 11 is 0. The number of aromatic amines is 1. The van der Waals surface area contributed by atoms with Gasteiger partial charge in [-0.3, -0.25) is 19.3 Å². The third-order valence-corrected chi connectivity index (χ3v) is 7.69. The summed E-state index contributed by atoms with van der Waals surface area (Å²) in [6.07, 6.45) is 0.134. The molecule has 0 radical (unpaired) electrons. The highest BCUT2D eigenvalue weighted by Crippen LogP contribution is 2.45. The first kappa shape index (κ1) is 22.4. The largest absolute Gasteiger partial charge is 0.357 e. The van der Waals surface area contributed by atoms with E-state index in [-0.39, 0.29) is 36.0 Å². The van der Waals surface area contributed by atoms with E-state index >= 15 is 0 Å². The van der Waals surface area contributed by atoms with Crippen LogP contribution in [0.15, 0.2) is 78.9 Å². The number of nitrogens with one attached hydrogen (secondary N) is 1. The Hall–Kier alpha value is -4.03. The molecule has 3 heterocycles. The number of anilines is 1. The molecule has 2 aliphatic heterocycles. The monoisotopic (exact) mass is 477 g/mol. The second kappa shape index (κ2) is 8.57. The van der Waals surface area contributed by atoms with Gasteiger partial charge in [0, 0.05) is 40.7 Å². The molecule has 1 aromatic heterocycles. The molecule has 0 aliphatic carbocycles. The van der Waals surface area contributed by atoms with Gasteiger partial charge in [0.2, 0.25) is 5.91 Å². The van der Waals surface area contributed by atoms with Crippen LogP contribution in [0.1, 0.15) is 59.4 Å². The Morgan fingerprint density at radius 3 is 2.33 bits per heavy atom. The Kier molecular flexibility index (Phi) is 5.34. The van der Waals surface area contributed by atoms with Crippen LogP contribution in [-0.4, -0.2) is 40.1 Å². The molecular weight excluding hydrogens is 450 g/mol. The molecule has 1 fully saturated rings. The molecule has 180 valence electrons. The predicted molar refractivity (Wildman–Crippen MR) is 139 cm³/mol. The molecule has 3 aromatic carbocycles. The van der Waals surface area contributed by atoms with E-state index in [1.54, 1.807) is 24.3 Å². The fourth-order valence-corrected chi connectivity index (χ4v) is 5.86. The number of amides is 2. The molecule has 4 aromatic rings. The number of hydrogen-bond acceptors (Lipinski definition) is 4. The van der Waals surface area contributed by atoms with Crippen molar-refractivity contribution >= 4 is 34.2 Å². The highest BCUT2D eigenvalue weighted by molar-refractivity contribution is 6.22. The van der Waals surface area contributed by atoms with Crippen molar-refractivity contribution < 1.29 is 14.4 Å². The normalized spacial score (nSPS) is 22.3. The van der Waals surface area contributed by atoms with Crippen molar-refractivity contribution in [2.24, 2.45) is 0 Å². The highest BCUT2D eigenvalue weighted by atomic mass is 16.2. The van der Waals surface area contributed by atoms with E-state index < -0.39 is 6.04 Å². The summed E-state index contributed by atoms with van der Waals surface area (Å²) in [5.74, 6) is -0.414. The van der Waals surface area contributed by atoms with Gasteiger partial charge in [-0.2, -0.15) is 0 Å². The van der Waals surface area contributed by atoms with Gasteiger partial charge in [0.05, 0.1) is 18.2 Å². The third kappa shape index (κ3) is 3.48. The molecule has 0 bridgehead atoms. The van der Waals surface area contributed by atoms with Crippen LogP contribution in [0.3, 0.4) is 0 Å². The molecule has 3 atom stereocenters. The maximum Gasteiger partial charge on any atom is 0.251 e. The SMILES string of the molecule is CC(=O)c1ccc(N2C(=O)CC(N3CC(c4ccccc4)c4c([nH]c5ccccc45)C3C)C2=O)cc1. The van der Waals surface area contributed by atoms with Gasteiger partial charge in [-0.15, -0.1) is 0 Å². The molecule has 2 amide bonds.